The Bertz CT molecular complexity index is 340. The molecule has 0 amide bonds. The first-order valence-electron chi connectivity index (χ1n) is 8.85. The maximum Gasteiger partial charge on any atom is 0.117 e. The van der Waals surface area contributed by atoms with Crippen molar-refractivity contribution in [3.05, 3.63) is 0 Å². The lowest BCUT2D eigenvalue weighted by molar-refractivity contribution is 0.248. The van der Waals surface area contributed by atoms with Crippen molar-refractivity contribution in [3.63, 3.8) is 0 Å². The Hall–Kier alpha value is -0.280. The minimum Gasteiger partial charge on any atom is -0.370 e. The van der Waals surface area contributed by atoms with Crippen LogP contribution in [0.4, 0.5) is 0 Å². The lowest BCUT2D eigenvalue weighted by Gasteiger charge is -2.44. The summed E-state index contributed by atoms with van der Waals surface area (Å²) < 4.78 is 0. The normalized spacial score (nSPS) is 34.7. The second kappa shape index (κ2) is 7.82. The van der Waals surface area contributed by atoms with E-state index in [-0.39, 0.29) is 17.9 Å². The zero-order chi connectivity index (χ0) is 13.8. The molecule has 2 N–H and O–H groups in total. The molecule has 0 bridgehead atoms. The van der Waals surface area contributed by atoms with Crippen LogP contribution >= 0.6 is 12.4 Å². The SMILES string of the molecule is CC1CCC2(CC1)NCCN=C2NC1CCCCCC1.Cl. The number of amidine groups is 1. The molecule has 2 saturated carbocycles. The molecule has 0 aromatic heterocycles. The summed E-state index contributed by atoms with van der Waals surface area (Å²) in [5, 5.41) is 7.68. The molecule has 0 aromatic rings. The largest absolute Gasteiger partial charge is 0.370 e. The van der Waals surface area contributed by atoms with E-state index in [0.717, 1.165) is 19.0 Å². The molecule has 122 valence electrons. The van der Waals surface area contributed by atoms with Crippen LogP contribution in [0.3, 0.4) is 0 Å². The average Bonchev–Trinajstić information content (AvgIpc) is 2.73. The van der Waals surface area contributed by atoms with Gasteiger partial charge in [-0.05, 0) is 44.4 Å². The Kier molecular flexibility index (Phi) is 6.36. The van der Waals surface area contributed by atoms with Gasteiger partial charge in [0.1, 0.15) is 5.84 Å². The second-order valence-corrected chi connectivity index (χ2v) is 7.25. The third kappa shape index (κ3) is 4.13. The summed E-state index contributed by atoms with van der Waals surface area (Å²) in [6.45, 7) is 4.40. The predicted octanol–water partition coefficient (Wildman–Crippen LogP) is 3.67. The highest BCUT2D eigenvalue weighted by Gasteiger charge is 2.40. The van der Waals surface area contributed by atoms with Gasteiger partial charge in [-0.2, -0.15) is 0 Å². The highest BCUT2D eigenvalue weighted by atomic mass is 35.5. The number of hydrogen-bond donors (Lipinski definition) is 2. The van der Waals surface area contributed by atoms with Crippen molar-refractivity contribution < 1.29 is 0 Å². The van der Waals surface area contributed by atoms with Crippen molar-refractivity contribution >= 4 is 18.2 Å². The summed E-state index contributed by atoms with van der Waals surface area (Å²) in [5.74, 6) is 2.20. The Morgan fingerprint density at radius 1 is 1.05 bits per heavy atom. The molecule has 3 nitrogen and oxygen atoms in total. The van der Waals surface area contributed by atoms with Crippen LogP contribution in [0.2, 0.25) is 0 Å². The molecule has 1 heterocycles. The fraction of sp³-hybridized carbons (Fsp3) is 0.941. The molecule has 21 heavy (non-hydrogen) atoms. The van der Waals surface area contributed by atoms with E-state index in [1.165, 1.54) is 70.0 Å². The molecule has 2 aliphatic carbocycles. The summed E-state index contributed by atoms with van der Waals surface area (Å²) in [4.78, 5) is 4.90. The number of nitrogens with one attached hydrogen (secondary N) is 2. The maximum absolute atomic E-state index is 4.90. The quantitative estimate of drug-likeness (QED) is 0.725. The zero-order valence-electron chi connectivity index (χ0n) is 13.5. The Balaban J connectivity index is 0.00000161. The van der Waals surface area contributed by atoms with Gasteiger partial charge in [-0.3, -0.25) is 4.99 Å². The van der Waals surface area contributed by atoms with E-state index < -0.39 is 0 Å². The van der Waals surface area contributed by atoms with Gasteiger partial charge in [0.2, 0.25) is 0 Å². The van der Waals surface area contributed by atoms with Gasteiger partial charge in [-0.25, -0.2) is 0 Å². The molecule has 3 aliphatic rings. The standard InChI is InChI=1S/C17H31N3.ClH/c1-14-8-10-17(11-9-14)16(18-12-13-19-17)20-15-6-4-2-3-5-7-15;/h14-15,19H,2-13H2,1H3,(H,18,20);1H. The van der Waals surface area contributed by atoms with Gasteiger partial charge in [-0.15, -0.1) is 12.4 Å². The van der Waals surface area contributed by atoms with Crippen LogP contribution in [-0.4, -0.2) is 30.5 Å². The minimum atomic E-state index is 0. The van der Waals surface area contributed by atoms with Crippen LogP contribution in [0.25, 0.3) is 0 Å². The zero-order valence-corrected chi connectivity index (χ0v) is 14.3. The Morgan fingerprint density at radius 3 is 2.38 bits per heavy atom. The number of aliphatic imine (C=N–C) groups is 1. The monoisotopic (exact) mass is 313 g/mol. The molecule has 1 spiro atoms. The van der Waals surface area contributed by atoms with Crippen molar-refractivity contribution in [2.75, 3.05) is 13.1 Å². The molecule has 0 unspecified atom stereocenters. The topological polar surface area (TPSA) is 36.4 Å². The van der Waals surface area contributed by atoms with Gasteiger partial charge in [-0.1, -0.05) is 32.6 Å². The molecular weight excluding hydrogens is 282 g/mol. The smallest absolute Gasteiger partial charge is 0.117 e. The fourth-order valence-corrected chi connectivity index (χ4v) is 4.17. The van der Waals surface area contributed by atoms with Crippen LogP contribution in [0.1, 0.15) is 71.1 Å². The molecule has 0 radical (unpaired) electrons. The summed E-state index contributed by atoms with van der Waals surface area (Å²) in [6, 6.07) is 0.673. The fourth-order valence-electron chi connectivity index (χ4n) is 4.17. The lowest BCUT2D eigenvalue weighted by atomic mass is 9.75. The Morgan fingerprint density at radius 2 is 1.71 bits per heavy atom. The second-order valence-electron chi connectivity index (χ2n) is 7.25. The van der Waals surface area contributed by atoms with Crippen molar-refractivity contribution in [1.82, 2.24) is 10.6 Å². The highest BCUT2D eigenvalue weighted by Crippen LogP contribution is 2.34. The molecule has 2 fully saturated rings. The molecular formula is C17H32ClN3. The van der Waals surface area contributed by atoms with Crippen LogP contribution < -0.4 is 10.6 Å². The summed E-state index contributed by atoms with van der Waals surface area (Å²) in [6.07, 6.45) is 13.5. The van der Waals surface area contributed by atoms with E-state index >= 15 is 0 Å². The molecule has 1 aliphatic heterocycles. The predicted molar refractivity (Wildman–Crippen MR) is 92.5 cm³/mol. The molecule has 0 aromatic carbocycles. The lowest BCUT2D eigenvalue weighted by Crippen LogP contribution is -2.62. The van der Waals surface area contributed by atoms with E-state index in [1.54, 1.807) is 0 Å². The van der Waals surface area contributed by atoms with E-state index in [2.05, 4.69) is 17.6 Å². The van der Waals surface area contributed by atoms with Crippen LogP contribution in [0.15, 0.2) is 4.99 Å². The van der Waals surface area contributed by atoms with Gasteiger partial charge < -0.3 is 10.6 Å². The molecule has 3 rings (SSSR count). The van der Waals surface area contributed by atoms with Gasteiger partial charge in [0, 0.05) is 12.6 Å². The van der Waals surface area contributed by atoms with Gasteiger partial charge >= 0.3 is 0 Å². The van der Waals surface area contributed by atoms with Crippen molar-refractivity contribution in [2.24, 2.45) is 10.9 Å². The van der Waals surface area contributed by atoms with Crippen molar-refractivity contribution in [3.8, 4) is 0 Å². The average molecular weight is 314 g/mol. The Labute approximate surface area is 136 Å². The van der Waals surface area contributed by atoms with Gasteiger partial charge in [0.05, 0.1) is 12.1 Å². The maximum atomic E-state index is 4.90. The first-order valence-corrected chi connectivity index (χ1v) is 8.85. The number of hydrogen-bond acceptors (Lipinski definition) is 3. The number of halogens is 1. The highest BCUT2D eigenvalue weighted by molar-refractivity contribution is 5.92. The number of nitrogens with zero attached hydrogens (tertiary/aromatic N) is 1. The van der Waals surface area contributed by atoms with E-state index in [1.807, 2.05) is 0 Å². The van der Waals surface area contributed by atoms with E-state index in [0.29, 0.717) is 6.04 Å². The van der Waals surface area contributed by atoms with Crippen LogP contribution in [-0.2, 0) is 0 Å². The summed E-state index contributed by atoms with van der Waals surface area (Å²) >= 11 is 0. The molecule has 4 heteroatoms. The first-order chi connectivity index (χ1) is 9.78. The first kappa shape index (κ1) is 17.1. The third-order valence-corrected chi connectivity index (χ3v) is 5.62. The molecule has 0 atom stereocenters. The van der Waals surface area contributed by atoms with E-state index in [9.17, 15) is 0 Å². The third-order valence-electron chi connectivity index (χ3n) is 5.62. The summed E-state index contributed by atoms with van der Waals surface area (Å²) in [5.41, 5.74) is 0.192. The minimum absolute atomic E-state index is 0. The van der Waals surface area contributed by atoms with Crippen molar-refractivity contribution in [2.45, 2.75) is 82.7 Å². The summed E-state index contributed by atoms with van der Waals surface area (Å²) in [7, 11) is 0. The number of rotatable bonds is 1. The van der Waals surface area contributed by atoms with Crippen LogP contribution in [0.5, 0.6) is 0 Å². The van der Waals surface area contributed by atoms with Gasteiger partial charge in [0.25, 0.3) is 0 Å². The molecule has 0 saturated heterocycles. The van der Waals surface area contributed by atoms with Crippen molar-refractivity contribution in [1.29, 1.82) is 0 Å². The van der Waals surface area contributed by atoms with Crippen LogP contribution in [0, 0.1) is 5.92 Å². The van der Waals surface area contributed by atoms with E-state index in [4.69, 9.17) is 4.99 Å². The van der Waals surface area contributed by atoms with Gasteiger partial charge in [0.15, 0.2) is 0 Å².